The number of benzene rings is 1. The molecule has 3 heterocycles. The topological polar surface area (TPSA) is 78.5 Å². The zero-order chi connectivity index (χ0) is 21.1. The number of amides is 1. The van der Waals surface area contributed by atoms with Crippen molar-refractivity contribution in [1.29, 1.82) is 0 Å². The van der Waals surface area contributed by atoms with Crippen molar-refractivity contribution in [3.8, 4) is 5.75 Å². The van der Waals surface area contributed by atoms with Crippen molar-refractivity contribution in [3.63, 3.8) is 0 Å². The fourth-order valence-electron chi connectivity index (χ4n) is 4.48. The molecule has 7 heteroatoms. The Morgan fingerprint density at radius 1 is 1.30 bits per heavy atom. The van der Waals surface area contributed by atoms with Gasteiger partial charge in [0, 0.05) is 57.0 Å². The van der Waals surface area contributed by atoms with E-state index in [0.717, 1.165) is 67.3 Å². The van der Waals surface area contributed by atoms with Gasteiger partial charge in [-0.1, -0.05) is 25.1 Å². The third-order valence-corrected chi connectivity index (χ3v) is 6.14. The molecule has 0 aliphatic carbocycles. The van der Waals surface area contributed by atoms with Crippen LogP contribution < -0.4 is 10.3 Å². The molecule has 2 aromatic rings. The van der Waals surface area contributed by atoms with Crippen LogP contribution in [0.2, 0.25) is 0 Å². The number of carbonyl (C=O) groups excluding carboxylic acids is 1. The first-order chi connectivity index (χ1) is 14.6. The van der Waals surface area contributed by atoms with Gasteiger partial charge in [-0.15, -0.1) is 0 Å². The Labute approximate surface area is 177 Å². The van der Waals surface area contributed by atoms with Crippen molar-refractivity contribution in [2.24, 2.45) is 0 Å². The predicted octanol–water partition coefficient (Wildman–Crippen LogP) is 2.45. The number of carbonyl (C=O) groups is 1. The van der Waals surface area contributed by atoms with Gasteiger partial charge < -0.3 is 14.6 Å². The van der Waals surface area contributed by atoms with Crippen LogP contribution >= 0.6 is 0 Å². The summed E-state index contributed by atoms with van der Waals surface area (Å²) >= 11 is 0. The van der Waals surface area contributed by atoms with Crippen molar-refractivity contribution in [2.75, 3.05) is 26.7 Å². The lowest BCUT2D eigenvalue weighted by molar-refractivity contribution is -0.130. The van der Waals surface area contributed by atoms with E-state index < -0.39 is 0 Å². The smallest absolute Gasteiger partial charge is 0.255 e. The minimum atomic E-state index is -0.0435. The van der Waals surface area contributed by atoms with Crippen molar-refractivity contribution in [3.05, 3.63) is 57.3 Å². The second-order valence-corrected chi connectivity index (χ2v) is 8.22. The van der Waals surface area contributed by atoms with Crippen LogP contribution in [0.15, 0.2) is 29.1 Å². The highest BCUT2D eigenvalue weighted by molar-refractivity contribution is 5.76. The molecular weight excluding hydrogens is 380 g/mol. The Balaban J connectivity index is 1.47. The summed E-state index contributed by atoms with van der Waals surface area (Å²) in [6.07, 6.45) is 3.06. The fourth-order valence-corrected chi connectivity index (χ4v) is 4.48. The van der Waals surface area contributed by atoms with E-state index in [1.54, 1.807) is 7.11 Å². The van der Waals surface area contributed by atoms with Crippen LogP contribution in [0, 0.1) is 0 Å². The van der Waals surface area contributed by atoms with Crippen LogP contribution in [0.3, 0.4) is 0 Å². The van der Waals surface area contributed by atoms with Gasteiger partial charge in [0.05, 0.1) is 18.4 Å². The molecule has 1 amide bonds. The monoisotopic (exact) mass is 410 g/mol. The summed E-state index contributed by atoms with van der Waals surface area (Å²) in [6, 6.07) is 7.99. The molecular formula is C23H30N4O3. The molecule has 30 heavy (non-hydrogen) atoms. The van der Waals surface area contributed by atoms with E-state index in [1.165, 1.54) is 0 Å². The number of ether oxygens (including phenoxy) is 1. The summed E-state index contributed by atoms with van der Waals surface area (Å²) in [4.78, 5) is 37.0. The quantitative estimate of drug-likeness (QED) is 0.791. The zero-order valence-electron chi connectivity index (χ0n) is 17.8. The molecule has 0 bridgehead atoms. The van der Waals surface area contributed by atoms with Gasteiger partial charge in [-0.2, -0.15) is 0 Å². The van der Waals surface area contributed by atoms with Crippen molar-refractivity contribution in [2.45, 2.75) is 51.6 Å². The second kappa shape index (κ2) is 9.00. The molecule has 1 N–H and O–H groups in total. The molecule has 2 aliphatic rings. The van der Waals surface area contributed by atoms with E-state index in [9.17, 15) is 9.59 Å². The van der Waals surface area contributed by atoms with Gasteiger partial charge in [0.25, 0.3) is 5.56 Å². The summed E-state index contributed by atoms with van der Waals surface area (Å²) in [6.45, 7) is 5.60. The number of rotatable bonds is 6. The molecule has 0 spiro atoms. The van der Waals surface area contributed by atoms with Crippen LogP contribution in [-0.2, 0) is 24.3 Å². The molecule has 0 radical (unpaired) electrons. The third kappa shape index (κ3) is 4.26. The van der Waals surface area contributed by atoms with Crippen molar-refractivity contribution < 1.29 is 9.53 Å². The first kappa shape index (κ1) is 20.6. The largest absolute Gasteiger partial charge is 0.496 e. The Hall–Kier alpha value is -2.67. The molecule has 1 saturated heterocycles. The molecule has 1 atom stereocenters. The van der Waals surface area contributed by atoms with E-state index in [-0.39, 0.29) is 17.4 Å². The Morgan fingerprint density at radius 2 is 2.13 bits per heavy atom. The average Bonchev–Trinajstić information content (AvgIpc) is 3.25. The number of aromatic amines is 1. The highest BCUT2D eigenvalue weighted by Crippen LogP contribution is 2.27. The first-order valence-electron chi connectivity index (χ1n) is 10.8. The van der Waals surface area contributed by atoms with Gasteiger partial charge in [0.2, 0.25) is 5.91 Å². The normalized spacial score (nSPS) is 19.0. The summed E-state index contributed by atoms with van der Waals surface area (Å²) in [5.41, 5.74) is 2.74. The maximum atomic E-state index is 12.9. The number of aromatic nitrogens is 2. The molecule has 0 unspecified atom stereocenters. The molecule has 1 aromatic carbocycles. The number of nitrogens with one attached hydrogen (secondary N) is 1. The molecule has 2 aliphatic heterocycles. The second-order valence-electron chi connectivity index (χ2n) is 8.22. The van der Waals surface area contributed by atoms with E-state index in [0.29, 0.717) is 19.5 Å². The number of fused-ring (bicyclic) bond motifs is 1. The highest BCUT2D eigenvalue weighted by Gasteiger charge is 2.30. The van der Waals surface area contributed by atoms with Gasteiger partial charge in [-0.25, -0.2) is 4.98 Å². The van der Waals surface area contributed by atoms with Crippen molar-refractivity contribution in [1.82, 2.24) is 19.8 Å². The number of likely N-dealkylation sites (tertiary alicyclic amines) is 1. The Kier molecular flexibility index (Phi) is 6.18. The lowest BCUT2D eigenvalue weighted by atomic mass is 10.0. The SMILES string of the molecule is CCCC(=O)N1CC[C@H](c2nc3c(c(=O)[nH]2)CN(Cc2ccccc2OC)CC3)C1. The van der Waals surface area contributed by atoms with Crippen LogP contribution in [0.4, 0.5) is 0 Å². The summed E-state index contributed by atoms with van der Waals surface area (Å²) in [5.74, 6) is 1.93. The van der Waals surface area contributed by atoms with Crippen LogP contribution in [0.5, 0.6) is 5.75 Å². The average molecular weight is 411 g/mol. The summed E-state index contributed by atoms with van der Waals surface area (Å²) in [5, 5.41) is 0. The standard InChI is InChI=1S/C23H30N4O3/c1-3-6-21(28)27-12-9-17(14-27)22-24-19-10-11-26(15-18(19)23(29)25-22)13-16-7-4-5-8-20(16)30-2/h4-5,7-8,17H,3,6,9-15H2,1-2H3,(H,24,25,29)/t17-/m0/s1. The minimum absolute atomic E-state index is 0.0435. The van der Waals surface area contributed by atoms with E-state index >= 15 is 0 Å². The van der Waals surface area contributed by atoms with E-state index in [2.05, 4.69) is 16.0 Å². The van der Waals surface area contributed by atoms with Crippen molar-refractivity contribution >= 4 is 5.91 Å². The fraction of sp³-hybridized carbons (Fsp3) is 0.522. The lowest BCUT2D eigenvalue weighted by Crippen LogP contribution is -2.36. The zero-order valence-corrected chi connectivity index (χ0v) is 17.8. The maximum Gasteiger partial charge on any atom is 0.255 e. The van der Waals surface area contributed by atoms with Gasteiger partial charge in [0.15, 0.2) is 0 Å². The number of nitrogens with zero attached hydrogens (tertiary/aromatic N) is 3. The number of H-pyrrole nitrogens is 1. The van der Waals surface area contributed by atoms with Crippen LogP contribution in [0.25, 0.3) is 0 Å². The number of hydrogen-bond donors (Lipinski definition) is 1. The molecule has 0 saturated carbocycles. The lowest BCUT2D eigenvalue weighted by Gasteiger charge is -2.28. The van der Waals surface area contributed by atoms with Gasteiger partial charge in [0.1, 0.15) is 11.6 Å². The Bertz CT molecular complexity index is 971. The first-order valence-corrected chi connectivity index (χ1v) is 10.8. The molecule has 160 valence electrons. The maximum absolute atomic E-state index is 12.9. The number of para-hydroxylation sites is 1. The summed E-state index contributed by atoms with van der Waals surface area (Å²) < 4.78 is 5.46. The van der Waals surface area contributed by atoms with E-state index in [1.807, 2.05) is 30.0 Å². The summed E-state index contributed by atoms with van der Waals surface area (Å²) in [7, 11) is 1.68. The molecule has 4 rings (SSSR count). The molecule has 1 aromatic heterocycles. The predicted molar refractivity (Wildman–Crippen MR) is 115 cm³/mol. The van der Waals surface area contributed by atoms with Gasteiger partial charge >= 0.3 is 0 Å². The molecule has 7 nitrogen and oxygen atoms in total. The number of hydrogen-bond acceptors (Lipinski definition) is 5. The molecule has 1 fully saturated rings. The number of methoxy groups -OCH3 is 1. The van der Waals surface area contributed by atoms with Crippen LogP contribution in [0.1, 0.15) is 54.7 Å². The highest BCUT2D eigenvalue weighted by atomic mass is 16.5. The third-order valence-electron chi connectivity index (χ3n) is 6.14. The van der Waals surface area contributed by atoms with Gasteiger partial charge in [-0.05, 0) is 18.9 Å². The van der Waals surface area contributed by atoms with Gasteiger partial charge in [-0.3, -0.25) is 14.5 Å². The van der Waals surface area contributed by atoms with Crippen LogP contribution in [-0.4, -0.2) is 52.4 Å². The van der Waals surface area contributed by atoms with E-state index in [4.69, 9.17) is 9.72 Å². The Morgan fingerprint density at radius 3 is 2.93 bits per heavy atom. The minimum Gasteiger partial charge on any atom is -0.496 e.